The summed E-state index contributed by atoms with van der Waals surface area (Å²) in [6.07, 6.45) is 0.301. The van der Waals surface area contributed by atoms with Gasteiger partial charge in [0.25, 0.3) is 5.91 Å². The Bertz CT molecular complexity index is 759. The summed E-state index contributed by atoms with van der Waals surface area (Å²) < 4.78 is 22.9. The van der Waals surface area contributed by atoms with E-state index in [0.29, 0.717) is 6.42 Å². The Morgan fingerprint density at radius 2 is 1.91 bits per heavy atom. The molecule has 124 valence electrons. The molecular weight excluding hydrogens is 322 g/mol. The van der Waals surface area contributed by atoms with Gasteiger partial charge in [-0.3, -0.25) is 14.4 Å². The predicted octanol–water partition coefficient (Wildman–Crippen LogP) is -0.630. The summed E-state index contributed by atoms with van der Waals surface area (Å²) in [6, 6.07) is 5.51. The average Bonchev–Trinajstić information content (AvgIpc) is 2.86. The van der Waals surface area contributed by atoms with Crippen LogP contribution in [0.15, 0.2) is 24.3 Å². The summed E-state index contributed by atoms with van der Waals surface area (Å²) in [4.78, 5) is 36.6. The van der Waals surface area contributed by atoms with Gasteiger partial charge in [0.15, 0.2) is 9.84 Å². The number of para-hydroxylation sites is 1. The number of hydrogen-bond donors (Lipinski definition) is 2. The van der Waals surface area contributed by atoms with E-state index in [-0.39, 0.29) is 22.8 Å². The number of benzene rings is 1. The molecular formula is C14H17N3O5S. The van der Waals surface area contributed by atoms with Gasteiger partial charge in [0.05, 0.1) is 22.8 Å². The standard InChI is InChI=1S/C14H17N3O5S/c1-17(9-6-7-23(21,22)8-9)14(20)13(19)16-11-5-3-2-4-10(11)12(15)18/h2-5,9H,6-8H2,1H3,(H2,15,18)(H,16,19). The maximum atomic E-state index is 12.1. The van der Waals surface area contributed by atoms with E-state index in [9.17, 15) is 22.8 Å². The summed E-state index contributed by atoms with van der Waals surface area (Å²) in [5.74, 6) is -2.71. The van der Waals surface area contributed by atoms with Crippen molar-refractivity contribution in [1.29, 1.82) is 0 Å². The van der Waals surface area contributed by atoms with E-state index >= 15 is 0 Å². The first-order valence-corrected chi connectivity index (χ1v) is 8.71. The first-order valence-electron chi connectivity index (χ1n) is 6.88. The van der Waals surface area contributed by atoms with Gasteiger partial charge in [0.1, 0.15) is 0 Å². The van der Waals surface area contributed by atoms with Crippen LogP contribution in [0, 0.1) is 0 Å². The number of nitrogens with two attached hydrogens (primary N) is 1. The molecule has 1 heterocycles. The second-order valence-electron chi connectivity index (χ2n) is 5.34. The first kappa shape index (κ1) is 16.9. The third-order valence-electron chi connectivity index (χ3n) is 3.71. The molecule has 1 fully saturated rings. The lowest BCUT2D eigenvalue weighted by Gasteiger charge is -2.22. The number of primary amides is 1. The number of hydrogen-bond acceptors (Lipinski definition) is 5. The van der Waals surface area contributed by atoms with Crippen LogP contribution in [0.5, 0.6) is 0 Å². The van der Waals surface area contributed by atoms with Crippen molar-refractivity contribution in [3.63, 3.8) is 0 Å². The molecule has 1 aliphatic heterocycles. The molecule has 3 amide bonds. The van der Waals surface area contributed by atoms with Crippen molar-refractivity contribution in [2.45, 2.75) is 12.5 Å². The van der Waals surface area contributed by atoms with Crippen LogP contribution in [0.1, 0.15) is 16.8 Å². The van der Waals surface area contributed by atoms with Gasteiger partial charge in [-0.25, -0.2) is 8.42 Å². The fourth-order valence-electron chi connectivity index (χ4n) is 2.39. The molecule has 1 aliphatic rings. The van der Waals surface area contributed by atoms with E-state index in [0.717, 1.165) is 4.90 Å². The molecule has 0 aromatic heterocycles. The Morgan fingerprint density at radius 1 is 1.26 bits per heavy atom. The van der Waals surface area contributed by atoms with Gasteiger partial charge in [-0.1, -0.05) is 12.1 Å². The van der Waals surface area contributed by atoms with Crippen molar-refractivity contribution < 1.29 is 22.8 Å². The Kier molecular flexibility index (Phi) is 4.69. The zero-order valence-electron chi connectivity index (χ0n) is 12.5. The molecule has 2 rings (SSSR count). The van der Waals surface area contributed by atoms with Gasteiger partial charge in [0, 0.05) is 13.1 Å². The van der Waals surface area contributed by atoms with Crippen LogP contribution < -0.4 is 11.1 Å². The lowest BCUT2D eigenvalue weighted by molar-refractivity contribution is -0.143. The maximum Gasteiger partial charge on any atom is 0.313 e. The smallest absolute Gasteiger partial charge is 0.313 e. The number of carbonyl (C=O) groups excluding carboxylic acids is 3. The second kappa shape index (κ2) is 6.37. The second-order valence-corrected chi connectivity index (χ2v) is 7.57. The van der Waals surface area contributed by atoms with Gasteiger partial charge >= 0.3 is 11.8 Å². The van der Waals surface area contributed by atoms with Gasteiger partial charge in [-0.05, 0) is 18.6 Å². The predicted molar refractivity (Wildman–Crippen MR) is 83.4 cm³/mol. The molecule has 1 aromatic carbocycles. The maximum absolute atomic E-state index is 12.1. The topological polar surface area (TPSA) is 127 Å². The molecule has 1 atom stereocenters. The minimum Gasteiger partial charge on any atom is -0.366 e. The Labute approximate surface area is 133 Å². The fourth-order valence-corrected chi connectivity index (χ4v) is 4.16. The van der Waals surface area contributed by atoms with Gasteiger partial charge in [-0.2, -0.15) is 0 Å². The molecule has 23 heavy (non-hydrogen) atoms. The van der Waals surface area contributed by atoms with E-state index in [4.69, 9.17) is 5.73 Å². The highest BCUT2D eigenvalue weighted by atomic mass is 32.2. The normalized spacial score (nSPS) is 19.1. The monoisotopic (exact) mass is 339 g/mol. The Hall–Kier alpha value is -2.42. The van der Waals surface area contributed by atoms with E-state index in [1.807, 2.05) is 0 Å². The zero-order valence-corrected chi connectivity index (χ0v) is 13.3. The number of rotatable bonds is 3. The molecule has 0 radical (unpaired) electrons. The van der Waals surface area contributed by atoms with Crippen LogP contribution in [0.3, 0.4) is 0 Å². The summed E-state index contributed by atoms with van der Waals surface area (Å²) in [7, 11) is -1.78. The molecule has 8 nitrogen and oxygen atoms in total. The van der Waals surface area contributed by atoms with Crippen molar-refractivity contribution >= 4 is 33.2 Å². The highest BCUT2D eigenvalue weighted by Gasteiger charge is 2.34. The lowest BCUT2D eigenvalue weighted by Crippen LogP contribution is -2.44. The summed E-state index contributed by atoms with van der Waals surface area (Å²) in [5.41, 5.74) is 5.42. The summed E-state index contributed by atoms with van der Waals surface area (Å²) in [5, 5.41) is 2.34. The van der Waals surface area contributed by atoms with Gasteiger partial charge in [0.2, 0.25) is 0 Å². The molecule has 0 bridgehead atoms. The van der Waals surface area contributed by atoms with Crippen molar-refractivity contribution in [1.82, 2.24) is 4.90 Å². The van der Waals surface area contributed by atoms with Crippen LogP contribution >= 0.6 is 0 Å². The number of sulfone groups is 1. The highest BCUT2D eigenvalue weighted by molar-refractivity contribution is 7.91. The van der Waals surface area contributed by atoms with Crippen LogP contribution in [0.2, 0.25) is 0 Å². The van der Waals surface area contributed by atoms with E-state index in [2.05, 4.69) is 5.32 Å². The van der Waals surface area contributed by atoms with Crippen LogP contribution in [0.4, 0.5) is 5.69 Å². The fraction of sp³-hybridized carbons (Fsp3) is 0.357. The van der Waals surface area contributed by atoms with Crippen molar-refractivity contribution in [3.05, 3.63) is 29.8 Å². The quantitative estimate of drug-likeness (QED) is 0.709. The molecule has 0 aliphatic carbocycles. The third kappa shape index (κ3) is 3.86. The number of nitrogens with zero attached hydrogens (tertiary/aromatic N) is 1. The van der Waals surface area contributed by atoms with Crippen LogP contribution in [0.25, 0.3) is 0 Å². The van der Waals surface area contributed by atoms with E-state index in [1.54, 1.807) is 12.1 Å². The van der Waals surface area contributed by atoms with Gasteiger partial charge < -0.3 is 16.0 Å². The minimum atomic E-state index is -3.16. The minimum absolute atomic E-state index is 0.00140. The first-order chi connectivity index (χ1) is 10.7. The van der Waals surface area contributed by atoms with Crippen molar-refractivity contribution in [2.75, 3.05) is 23.9 Å². The average molecular weight is 339 g/mol. The number of likely N-dealkylation sites (N-methyl/N-ethyl adjacent to an activating group) is 1. The number of nitrogens with one attached hydrogen (secondary N) is 1. The lowest BCUT2D eigenvalue weighted by atomic mass is 10.1. The van der Waals surface area contributed by atoms with Crippen molar-refractivity contribution in [3.8, 4) is 0 Å². The SMILES string of the molecule is CN(C(=O)C(=O)Nc1ccccc1C(N)=O)C1CCS(=O)(=O)C1. The number of anilines is 1. The molecule has 0 saturated carbocycles. The Morgan fingerprint density at radius 3 is 2.48 bits per heavy atom. The summed E-state index contributed by atoms with van der Waals surface area (Å²) in [6.45, 7) is 0. The molecule has 0 spiro atoms. The molecule has 3 N–H and O–H groups in total. The van der Waals surface area contributed by atoms with Crippen LogP contribution in [-0.2, 0) is 19.4 Å². The number of carbonyl (C=O) groups is 3. The Balaban J connectivity index is 2.09. The van der Waals surface area contributed by atoms with Gasteiger partial charge in [-0.15, -0.1) is 0 Å². The van der Waals surface area contributed by atoms with E-state index < -0.39 is 33.6 Å². The molecule has 1 saturated heterocycles. The zero-order chi connectivity index (χ0) is 17.2. The number of amides is 3. The molecule has 1 unspecified atom stereocenters. The van der Waals surface area contributed by atoms with E-state index in [1.165, 1.54) is 19.2 Å². The van der Waals surface area contributed by atoms with Crippen molar-refractivity contribution in [2.24, 2.45) is 5.73 Å². The molecule has 1 aromatic rings. The highest BCUT2D eigenvalue weighted by Crippen LogP contribution is 2.18. The largest absolute Gasteiger partial charge is 0.366 e. The third-order valence-corrected chi connectivity index (χ3v) is 5.46. The van der Waals surface area contributed by atoms with Crippen LogP contribution in [-0.4, -0.2) is 55.6 Å². The molecule has 9 heteroatoms. The summed E-state index contributed by atoms with van der Waals surface area (Å²) >= 11 is 0.